The zero-order valence-electron chi connectivity index (χ0n) is 15.9. The van der Waals surface area contributed by atoms with E-state index in [2.05, 4.69) is 10.0 Å². The molecule has 2 aromatic rings. The molecule has 8 nitrogen and oxygen atoms in total. The molecular weight excluding hydrogens is 374 g/mol. The van der Waals surface area contributed by atoms with Crippen molar-refractivity contribution < 1.29 is 24.8 Å². The van der Waals surface area contributed by atoms with Crippen LogP contribution in [0.5, 0.6) is 0 Å². The third kappa shape index (κ3) is 5.33. The summed E-state index contributed by atoms with van der Waals surface area (Å²) in [6.07, 6.45) is -3.94. The number of rotatable bonds is 8. The van der Waals surface area contributed by atoms with Crippen LogP contribution in [0.4, 0.5) is 0 Å². The second kappa shape index (κ2) is 9.84. The molecule has 0 heterocycles. The number of aliphatic hydroxyl groups is 3. The Labute approximate surface area is 169 Å². The zero-order chi connectivity index (χ0) is 20.7. The molecule has 29 heavy (non-hydrogen) atoms. The Balaban J connectivity index is 1.70. The van der Waals surface area contributed by atoms with Gasteiger partial charge in [0.2, 0.25) is 0 Å². The fourth-order valence-electron chi connectivity index (χ4n) is 3.51. The molecule has 0 saturated heterocycles. The Hall–Kier alpha value is -2.45. The van der Waals surface area contributed by atoms with Crippen LogP contribution >= 0.6 is 0 Å². The molecule has 1 fully saturated rings. The van der Waals surface area contributed by atoms with Crippen molar-refractivity contribution in [1.29, 1.82) is 0 Å². The molecule has 0 aliphatic heterocycles. The van der Waals surface area contributed by atoms with Gasteiger partial charge in [-0.25, -0.2) is 0 Å². The summed E-state index contributed by atoms with van der Waals surface area (Å²) in [6.45, 7) is 0.183. The highest BCUT2D eigenvalue weighted by atomic mass is 16.5. The molecule has 5 atom stereocenters. The minimum atomic E-state index is -1.73. The Morgan fingerprint density at radius 1 is 1.00 bits per heavy atom. The summed E-state index contributed by atoms with van der Waals surface area (Å²) in [4.78, 5) is 2.76. The van der Waals surface area contributed by atoms with Crippen molar-refractivity contribution in [2.24, 2.45) is 5.11 Å². The van der Waals surface area contributed by atoms with Gasteiger partial charge < -0.3 is 24.8 Å². The quantitative estimate of drug-likeness (QED) is 0.356. The number of benzene rings is 2. The molecule has 0 unspecified atom stereocenters. The highest BCUT2D eigenvalue weighted by molar-refractivity contribution is 5.15. The molecule has 0 aromatic heterocycles. The molecule has 3 rings (SSSR count). The first-order valence-electron chi connectivity index (χ1n) is 9.43. The van der Waals surface area contributed by atoms with E-state index in [-0.39, 0.29) is 26.2 Å². The molecule has 0 amide bonds. The van der Waals surface area contributed by atoms with Crippen molar-refractivity contribution >= 4 is 0 Å². The second-order valence-corrected chi connectivity index (χ2v) is 7.26. The van der Waals surface area contributed by atoms with Crippen LogP contribution in [-0.4, -0.2) is 51.9 Å². The third-order valence-electron chi connectivity index (χ3n) is 5.10. The van der Waals surface area contributed by atoms with E-state index in [4.69, 9.17) is 15.0 Å². The van der Waals surface area contributed by atoms with Gasteiger partial charge in [0.15, 0.2) is 0 Å². The Morgan fingerprint density at radius 3 is 2.17 bits per heavy atom. The van der Waals surface area contributed by atoms with Crippen LogP contribution in [0.15, 0.2) is 65.8 Å². The van der Waals surface area contributed by atoms with Crippen molar-refractivity contribution in [3.05, 3.63) is 82.2 Å². The lowest BCUT2D eigenvalue weighted by atomic mass is 9.76. The maximum atomic E-state index is 11.1. The average Bonchev–Trinajstić information content (AvgIpc) is 2.74. The topological polar surface area (TPSA) is 128 Å². The van der Waals surface area contributed by atoms with E-state index in [9.17, 15) is 15.3 Å². The molecule has 8 heteroatoms. The number of hydrogen-bond acceptors (Lipinski definition) is 6. The molecule has 0 radical (unpaired) electrons. The van der Waals surface area contributed by atoms with E-state index in [1.165, 1.54) is 0 Å². The smallest absolute Gasteiger partial charge is 0.117 e. The minimum absolute atomic E-state index is 0.129. The second-order valence-electron chi connectivity index (χ2n) is 7.26. The summed E-state index contributed by atoms with van der Waals surface area (Å²) in [7, 11) is 0. The lowest BCUT2D eigenvalue weighted by Crippen LogP contribution is -2.64. The van der Waals surface area contributed by atoms with E-state index in [1.807, 2.05) is 60.7 Å². The fraction of sp³-hybridized carbons (Fsp3) is 0.429. The van der Waals surface area contributed by atoms with Gasteiger partial charge in [-0.3, -0.25) is 0 Å². The first kappa shape index (κ1) is 21.3. The van der Waals surface area contributed by atoms with Crippen LogP contribution in [0, 0.1) is 0 Å². The standard InChI is InChI=1S/C21H25N3O5/c22-24-23-17-11-21(27,14-28-12-15-7-3-1-4-8-15)20(26)19(18(17)25)29-13-16-9-5-2-6-10-16/h1-10,17-20,25-27H,11-14H2/t17-,18-,19+,20-,21-/m0/s1. The van der Waals surface area contributed by atoms with Gasteiger partial charge >= 0.3 is 0 Å². The van der Waals surface area contributed by atoms with Gasteiger partial charge in [0.1, 0.15) is 17.8 Å². The summed E-state index contributed by atoms with van der Waals surface area (Å²) < 4.78 is 11.4. The predicted octanol–water partition coefficient (Wildman–Crippen LogP) is 2.32. The summed E-state index contributed by atoms with van der Waals surface area (Å²) in [5, 5.41) is 36.0. The molecule has 1 aliphatic carbocycles. The van der Waals surface area contributed by atoms with Crippen LogP contribution in [-0.2, 0) is 22.7 Å². The highest BCUT2D eigenvalue weighted by Gasteiger charge is 2.52. The van der Waals surface area contributed by atoms with Gasteiger partial charge in [-0.1, -0.05) is 65.8 Å². The molecule has 154 valence electrons. The van der Waals surface area contributed by atoms with E-state index in [0.29, 0.717) is 0 Å². The van der Waals surface area contributed by atoms with Gasteiger partial charge in [0.05, 0.1) is 32.0 Å². The van der Waals surface area contributed by atoms with Crippen molar-refractivity contribution in [2.45, 2.75) is 49.6 Å². The van der Waals surface area contributed by atoms with Gasteiger partial charge in [0, 0.05) is 4.91 Å². The number of aliphatic hydroxyl groups excluding tert-OH is 2. The molecule has 3 N–H and O–H groups in total. The highest BCUT2D eigenvalue weighted by Crippen LogP contribution is 2.34. The van der Waals surface area contributed by atoms with E-state index < -0.39 is 30.0 Å². The average molecular weight is 399 g/mol. The summed E-state index contributed by atoms with van der Waals surface area (Å²) in [5.41, 5.74) is 8.86. The third-order valence-corrected chi connectivity index (χ3v) is 5.10. The van der Waals surface area contributed by atoms with Crippen LogP contribution in [0.25, 0.3) is 10.4 Å². The maximum Gasteiger partial charge on any atom is 0.117 e. The first-order valence-corrected chi connectivity index (χ1v) is 9.43. The Morgan fingerprint density at radius 2 is 1.59 bits per heavy atom. The first-order chi connectivity index (χ1) is 14.0. The van der Waals surface area contributed by atoms with Crippen LogP contribution in [0.2, 0.25) is 0 Å². The largest absolute Gasteiger partial charge is 0.390 e. The summed E-state index contributed by atoms with van der Waals surface area (Å²) in [6, 6.07) is 17.7. The number of ether oxygens (including phenoxy) is 2. The van der Waals surface area contributed by atoms with Crippen LogP contribution in [0.3, 0.4) is 0 Å². The molecule has 0 spiro atoms. The number of nitrogens with zero attached hydrogens (tertiary/aromatic N) is 3. The molecule has 1 aliphatic rings. The Kier molecular flexibility index (Phi) is 7.22. The summed E-state index contributed by atoms with van der Waals surface area (Å²) >= 11 is 0. The number of azide groups is 1. The predicted molar refractivity (Wildman–Crippen MR) is 106 cm³/mol. The van der Waals surface area contributed by atoms with Crippen molar-refractivity contribution in [2.75, 3.05) is 6.61 Å². The Bertz CT molecular complexity index is 816. The lowest BCUT2D eigenvalue weighted by molar-refractivity contribution is -0.226. The number of hydrogen-bond donors (Lipinski definition) is 3. The van der Waals surface area contributed by atoms with Gasteiger partial charge in [0.25, 0.3) is 0 Å². The lowest BCUT2D eigenvalue weighted by Gasteiger charge is -2.46. The van der Waals surface area contributed by atoms with Crippen molar-refractivity contribution in [1.82, 2.24) is 0 Å². The fourth-order valence-corrected chi connectivity index (χ4v) is 3.51. The summed E-state index contributed by atoms with van der Waals surface area (Å²) in [5.74, 6) is 0. The molecule has 1 saturated carbocycles. The van der Waals surface area contributed by atoms with Gasteiger partial charge in [-0.2, -0.15) is 0 Å². The normalized spacial score (nSPS) is 29.2. The monoisotopic (exact) mass is 399 g/mol. The van der Waals surface area contributed by atoms with E-state index >= 15 is 0 Å². The van der Waals surface area contributed by atoms with Crippen LogP contribution < -0.4 is 0 Å². The maximum absolute atomic E-state index is 11.1. The minimum Gasteiger partial charge on any atom is -0.390 e. The molecular formula is C21H25N3O5. The van der Waals surface area contributed by atoms with Gasteiger partial charge in [-0.15, -0.1) is 0 Å². The SMILES string of the molecule is [N-]=[N+]=N[C@H]1C[C@](O)(COCc2ccccc2)[C@@H](O)[C@H](OCc2ccccc2)[C@H]1O. The molecule has 0 bridgehead atoms. The van der Waals surface area contributed by atoms with Crippen molar-refractivity contribution in [3.8, 4) is 0 Å². The van der Waals surface area contributed by atoms with Gasteiger partial charge in [-0.05, 0) is 23.1 Å². The molecule has 2 aromatic carbocycles. The van der Waals surface area contributed by atoms with Crippen LogP contribution in [0.1, 0.15) is 17.5 Å². The zero-order valence-corrected chi connectivity index (χ0v) is 15.9. The van der Waals surface area contributed by atoms with E-state index in [1.54, 1.807) is 0 Å². The van der Waals surface area contributed by atoms with Crippen molar-refractivity contribution in [3.63, 3.8) is 0 Å². The van der Waals surface area contributed by atoms with E-state index in [0.717, 1.165) is 11.1 Å².